The summed E-state index contributed by atoms with van der Waals surface area (Å²) in [6.07, 6.45) is 0.0183. The van der Waals surface area contributed by atoms with Gasteiger partial charge in [0.2, 0.25) is 0 Å². The Hall–Kier alpha value is -2.42. The number of H-pyrrole nitrogens is 1. The molecule has 1 aromatic heterocycles. The Labute approximate surface area is 131 Å². The molecule has 1 saturated heterocycles. The van der Waals surface area contributed by atoms with Gasteiger partial charge in [0.25, 0.3) is 5.56 Å². The van der Waals surface area contributed by atoms with Gasteiger partial charge in [-0.25, -0.2) is 4.79 Å². The van der Waals surface area contributed by atoms with Gasteiger partial charge in [-0.1, -0.05) is 0 Å². The van der Waals surface area contributed by atoms with Crippen LogP contribution in [0.2, 0.25) is 0 Å². The maximum absolute atomic E-state index is 11.9. The topological polar surface area (TPSA) is 117 Å². The summed E-state index contributed by atoms with van der Waals surface area (Å²) in [4.78, 5) is 47.4. The average Bonchev–Trinajstić information content (AvgIpc) is 2.73. The van der Waals surface area contributed by atoms with E-state index in [-0.39, 0.29) is 13.0 Å². The zero-order chi connectivity index (χ0) is 17.2. The molecule has 9 heteroatoms. The van der Waals surface area contributed by atoms with Crippen LogP contribution in [0.3, 0.4) is 0 Å². The van der Waals surface area contributed by atoms with E-state index in [4.69, 9.17) is 14.2 Å². The average molecular weight is 326 g/mol. The first-order valence-electron chi connectivity index (χ1n) is 7.01. The minimum atomic E-state index is -1.10. The van der Waals surface area contributed by atoms with E-state index in [1.54, 1.807) is 6.92 Å². The van der Waals surface area contributed by atoms with E-state index < -0.39 is 41.1 Å². The Morgan fingerprint density at radius 3 is 2.65 bits per heavy atom. The highest BCUT2D eigenvalue weighted by atomic mass is 16.6. The largest absolute Gasteiger partial charge is 0.463 e. The van der Waals surface area contributed by atoms with Crippen molar-refractivity contribution in [3.63, 3.8) is 0 Å². The molecule has 0 radical (unpaired) electrons. The first-order valence-corrected chi connectivity index (χ1v) is 7.01. The van der Waals surface area contributed by atoms with Crippen molar-refractivity contribution in [1.82, 2.24) is 9.55 Å². The van der Waals surface area contributed by atoms with Crippen LogP contribution in [0.15, 0.2) is 21.9 Å². The molecule has 2 rings (SSSR count). The molecule has 1 N–H and O–H groups in total. The number of carbonyl (C=O) groups is 2. The van der Waals surface area contributed by atoms with Crippen molar-refractivity contribution in [3.8, 4) is 0 Å². The van der Waals surface area contributed by atoms with Gasteiger partial charge in [0.1, 0.15) is 24.5 Å². The molecule has 0 spiro atoms. The molecule has 1 aromatic rings. The third-order valence-electron chi connectivity index (χ3n) is 3.53. The Bertz CT molecular complexity index is 722. The van der Waals surface area contributed by atoms with Gasteiger partial charge in [0.05, 0.1) is 0 Å². The predicted octanol–water partition coefficient (Wildman–Crippen LogP) is -0.291. The summed E-state index contributed by atoms with van der Waals surface area (Å²) < 4.78 is 17.2. The zero-order valence-corrected chi connectivity index (χ0v) is 13.0. The molecule has 0 aliphatic carbocycles. The number of nitrogens with one attached hydrogen (secondary N) is 1. The highest BCUT2D eigenvalue weighted by Crippen LogP contribution is 2.38. The molecule has 126 valence electrons. The number of hydrogen-bond donors (Lipinski definition) is 1. The van der Waals surface area contributed by atoms with E-state index in [1.807, 2.05) is 0 Å². The number of aromatic nitrogens is 2. The summed E-state index contributed by atoms with van der Waals surface area (Å²) in [6, 6.07) is 1.19. The fourth-order valence-electron chi connectivity index (χ4n) is 2.44. The lowest BCUT2D eigenvalue weighted by molar-refractivity contribution is -0.171. The number of carbonyl (C=O) groups excluding carboxylic acids is 2. The van der Waals surface area contributed by atoms with Gasteiger partial charge in [0, 0.05) is 32.5 Å². The molecule has 23 heavy (non-hydrogen) atoms. The highest BCUT2D eigenvalue weighted by Gasteiger charge is 2.49. The molecule has 0 aromatic carbocycles. The van der Waals surface area contributed by atoms with Crippen molar-refractivity contribution in [2.45, 2.75) is 45.1 Å². The van der Waals surface area contributed by atoms with Crippen molar-refractivity contribution < 1.29 is 23.8 Å². The molecular weight excluding hydrogens is 308 g/mol. The molecule has 0 bridgehead atoms. The van der Waals surface area contributed by atoms with Crippen LogP contribution < -0.4 is 11.2 Å². The van der Waals surface area contributed by atoms with Crippen LogP contribution in [0.1, 0.15) is 33.4 Å². The second-order valence-electron chi connectivity index (χ2n) is 5.52. The van der Waals surface area contributed by atoms with Gasteiger partial charge in [-0.05, 0) is 6.92 Å². The number of hydrogen-bond acceptors (Lipinski definition) is 7. The minimum Gasteiger partial charge on any atom is -0.463 e. The fourth-order valence-corrected chi connectivity index (χ4v) is 2.44. The SMILES string of the molecule is CC(=O)OC[C@@]1(C)O[C@@H](n2ccc(=O)[nH]c2=O)C[C@@H]1OC(C)=O. The highest BCUT2D eigenvalue weighted by molar-refractivity contribution is 5.66. The number of rotatable bonds is 4. The minimum absolute atomic E-state index is 0.130. The van der Waals surface area contributed by atoms with Gasteiger partial charge in [-0.2, -0.15) is 0 Å². The van der Waals surface area contributed by atoms with Crippen LogP contribution in [-0.4, -0.2) is 39.8 Å². The molecule has 0 saturated carbocycles. The third-order valence-corrected chi connectivity index (χ3v) is 3.53. The summed E-state index contributed by atoms with van der Waals surface area (Å²) in [5.41, 5.74) is -2.26. The van der Waals surface area contributed by atoms with Crippen LogP contribution in [0.5, 0.6) is 0 Å². The Balaban J connectivity index is 2.28. The normalized spacial score (nSPS) is 26.7. The van der Waals surface area contributed by atoms with Gasteiger partial charge in [-0.3, -0.25) is 23.9 Å². The number of ether oxygens (including phenoxy) is 3. The summed E-state index contributed by atoms with van der Waals surface area (Å²) in [6.45, 7) is 4.00. The van der Waals surface area contributed by atoms with Gasteiger partial charge in [0.15, 0.2) is 0 Å². The molecule has 9 nitrogen and oxygen atoms in total. The van der Waals surface area contributed by atoms with Crippen LogP contribution in [0.25, 0.3) is 0 Å². The van der Waals surface area contributed by atoms with Crippen LogP contribution >= 0.6 is 0 Å². The molecule has 0 amide bonds. The van der Waals surface area contributed by atoms with Gasteiger partial charge >= 0.3 is 17.6 Å². The quantitative estimate of drug-likeness (QED) is 0.755. The molecule has 0 unspecified atom stereocenters. The summed E-state index contributed by atoms with van der Waals surface area (Å²) in [5.74, 6) is -1.01. The van der Waals surface area contributed by atoms with Gasteiger partial charge in [-0.15, -0.1) is 0 Å². The standard InChI is InChI=1S/C14H18N2O7/c1-8(17)21-7-14(3)10(22-9(2)18)6-12(23-14)16-5-4-11(19)15-13(16)20/h4-5,10,12H,6-7H2,1-3H3,(H,15,19,20)/t10-,12+,14+/m0/s1. The molecule has 1 aliphatic heterocycles. The van der Waals surface area contributed by atoms with Crippen molar-refractivity contribution in [2.24, 2.45) is 0 Å². The molecular formula is C14H18N2O7. The second kappa shape index (κ2) is 6.37. The maximum atomic E-state index is 11.9. The first kappa shape index (κ1) is 16.9. The van der Waals surface area contributed by atoms with Crippen molar-refractivity contribution in [1.29, 1.82) is 0 Å². The van der Waals surface area contributed by atoms with E-state index in [0.29, 0.717) is 0 Å². The Morgan fingerprint density at radius 1 is 1.39 bits per heavy atom. The number of nitrogens with zero attached hydrogens (tertiary/aromatic N) is 1. The lowest BCUT2D eigenvalue weighted by Crippen LogP contribution is -2.43. The van der Waals surface area contributed by atoms with Crippen molar-refractivity contribution in [3.05, 3.63) is 33.1 Å². The molecule has 1 fully saturated rings. The maximum Gasteiger partial charge on any atom is 0.330 e. The van der Waals surface area contributed by atoms with Crippen molar-refractivity contribution >= 4 is 11.9 Å². The number of aromatic amines is 1. The lowest BCUT2D eigenvalue weighted by Gasteiger charge is -2.29. The van der Waals surface area contributed by atoms with E-state index in [9.17, 15) is 19.2 Å². The smallest absolute Gasteiger partial charge is 0.330 e. The summed E-state index contributed by atoms with van der Waals surface area (Å²) in [7, 11) is 0. The molecule has 2 heterocycles. The van der Waals surface area contributed by atoms with Crippen LogP contribution in [0, 0.1) is 0 Å². The second-order valence-corrected chi connectivity index (χ2v) is 5.52. The van der Waals surface area contributed by atoms with Gasteiger partial charge < -0.3 is 14.2 Å². The Kier molecular flexibility index (Phi) is 4.69. The van der Waals surface area contributed by atoms with E-state index in [0.717, 1.165) is 0 Å². The summed E-state index contributed by atoms with van der Waals surface area (Å²) in [5, 5.41) is 0. The lowest BCUT2D eigenvalue weighted by atomic mass is 10.00. The first-order chi connectivity index (χ1) is 10.7. The molecule has 1 aliphatic rings. The molecule has 3 atom stereocenters. The monoisotopic (exact) mass is 326 g/mol. The van der Waals surface area contributed by atoms with E-state index in [2.05, 4.69) is 4.98 Å². The van der Waals surface area contributed by atoms with Crippen molar-refractivity contribution in [2.75, 3.05) is 6.61 Å². The van der Waals surface area contributed by atoms with Crippen LogP contribution in [-0.2, 0) is 23.8 Å². The Morgan fingerprint density at radius 2 is 2.09 bits per heavy atom. The third kappa shape index (κ3) is 3.86. The summed E-state index contributed by atoms with van der Waals surface area (Å²) >= 11 is 0. The zero-order valence-electron chi connectivity index (χ0n) is 13.0. The van der Waals surface area contributed by atoms with E-state index >= 15 is 0 Å². The fraction of sp³-hybridized carbons (Fsp3) is 0.571. The van der Waals surface area contributed by atoms with Crippen LogP contribution in [0.4, 0.5) is 0 Å². The van der Waals surface area contributed by atoms with E-state index in [1.165, 1.54) is 30.7 Å². The predicted molar refractivity (Wildman–Crippen MR) is 76.7 cm³/mol. The number of esters is 2.